The van der Waals surface area contributed by atoms with Crippen LogP contribution in [-0.2, 0) is 6.42 Å². The maximum absolute atomic E-state index is 10.2. The number of nitrogens with zero attached hydrogens (tertiary/aromatic N) is 3. The Hall–Kier alpha value is -0.620. The summed E-state index contributed by atoms with van der Waals surface area (Å²) in [4.78, 5) is 4.16. The summed E-state index contributed by atoms with van der Waals surface area (Å²) in [5.74, 6) is 0.732. The number of aliphatic hydroxyl groups excluding tert-OH is 1. The summed E-state index contributed by atoms with van der Waals surface area (Å²) in [5.41, 5.74) is 0.643. The van der Waals surface area contributed by atoms with Crippen LogP contribution in [0.1, 0.15) is 37.4 Å². The van der Waals surface area contributed by atoms with E-state index in [1.165, 1.54) is 17.7 Å². The Morgan fingerprint density at radius 3 is 2.72 bits per heavy atom. The lowest BCUT2D eigenvalue weighted by Gasteiger charge is -2.12. The molecule has 1 unspecified atom stereocenters. The highest BCUT2D eigenvalue weighted by Crippen LogP contribution is 2.35. The number of rotatable bonds is 4. The van der Waals surface area contributed by atoms with Gasteiger partial charge in [-0.05, 0) is 19.9 Å². The van der Waals surface area contributed by atoms with Crippen molar-refractivity contribution in [2.45, 2.75) is 32.4 Å². The summed E-state index contributed by atoms with van der Waals surface area (Å²) in [7, 11) is 0. The van der Waals surface area contributed by atoms with Crippen molar-refractivity contribution in [2.75, 3.05) is 0 Å². The molecule has 1 atom stereocenters. The van der Waals surface area contributed by atoms with Gasteiger partial charge in [0, 0.05) is 18.0 Å². The number of hydrogen-bond acceptors (Lipinski definition) is 4. The van der Waals surface area contributed by atoms with Crippen molar-refractivity contribution in [2.24, 2.45) is 0 Å². The Balaban J connectivity index is 2.18. The number of hydrogen-bond donors (Lipinski definition) is 1. The molecule has 0 aromatic carbocycles. The van der Waals surface area contributed by atoms with Crippen molar-refractivity contribution in [3.63, 3.8) is 0 Å². The Morgan fingerprint density at radius 1 is 1.44 bits per heavy atom. The third kappa shape index (κ3) is 2.85. The molecule has 4 nitrogen and oxygen atoms in total. The highest BCUT2D eigenvalue weighted by atomic mass is 35.5. The zero-order chi connectivity index (χ0) is 13.3. The highest BCUT2D eigenvalue weighted by molar-refractivity contribution is 7.20. The van der Waals surface area contributed by atoms with Crippen LogP contribution in [0.5, 0.6) is 0 Å². The second-order valence-corrected chi connectivity index (χ2v) is 6.50. The van der Waals surface area contributed by atoms with Gasteiger partial charge in [-0.25, -0.2) is 9.67 Å². The molecule has 2 heterocycles. The standard InChI is InChI=1S/C11H13Cl2N3OS/c1-6(2)16-10(14-5-15-16)4-8(17)7-3-9(12)18-11(7)13/h3,5-6,8,17H,4H2,1-2H3. The topological polar surface area (TPSA) is 50.9 Å². The Kier molecular flexibility index (Phi) is 4.27. The molecule has 0 radical (unpaired) electrons. The molecule has 0 bridgehead atoms. The van der Waals surface area contributed by atoms with Crippen LogP contribution in [0.4, 0.5) is 0 Å². The minimum Gasteiger partial charge on any atom is -0.388 e. The van der Waals surface area contributed by atoms with E-state index >= 15 is 0 Å². The molecule has 0 fully saturated rings. The first kappa shape index (κ1) is 13.8. The van der Waals surface area contributed by atoms with Crippen LogP contribution < -0.4 is 0 Å². The zero-order valence-electron chi connectivity index (χ0n) is 9.97. The molecule has 1 N–H and O–H groups in total. The van der Waals surface area contributed by atoms with Crippen molar-refractivity contribution in [1.82, 2.24) is 14.8 Å². The molecule has 0 aliphatic heterocycles. The first-order chi connectivity index (χ1) is 8.49. The minimum atomic E-state index is -0.719. The average Bonchev–Trinajstić information content (AvgIpc) is 2.85. The fraction of sp³-hybridized carbons (Fsp3) is 0.455. The van der Waals surface area contributed by atoms with E-state index in [1.807, 2.05) is 13.8 Å². The molecule has 7 heteroatoms. The zero-order valence-corrected chi connectivity index (χ0v) is 12.3. The SMILES string of the molecule is CC(C)n1ncnc1CC(O)c1cc(Cl)sc1Cl. The number of thiophene rings is 1. The lowest BCUT2D eigenvalue weighted by molar-refractivity contribution is 0.174. The minimum absolute atomic E-state index is 0.205. The fourth-order valence-electron chi connectivity index (χ4n) is 1.71. The number of aliphatic hydroxyl groups is 1. The van der Waals surface area contributed by atoms with Gasteiger partial charge in [0.1, 0.15) is 16.5 Å². The molecule has 98 valence electrons. The second-order valence-electron chi connectivity index (χ2n) is 4.21. The normalized spacial score (nSPS) is 13.2. The third-order valence-electron chi connectivity index (χ3n) is 2.55. The summed E-state index contributed by atoms with van der Waals surface area (Å²) in [6.07, 6.45) is 1.14. The molecule has 2 aromatic rings. The Bertz CT molecular complexity index is 538. The fourth-order valence-corrected chi connectivity index (χ4v) is 3.28. The van der Waals surface area contributed by atoms with Gasteiger partial charge in [-0.1, -0.05) is 23.2 Å². The molecule has 0 saturated carbocycles. The Labute approximate surface area is 119 Å². The van der Waals surface area contributed by atoms with Gasteiger partial charge in [0.2, 0.25) is 0 Å². The van der Waals surface area contributed by atoms with Gasteiger partial charge in [0.15, 0.2) is 0 Å². The monoisotopic (exact) mass is 305 g/mol. The summed E-state index contributed by atoms with van der Waals surface area (Å²) in [6.45, 7) is 4.03. The molecule has 0 saturated heterocycles. The van der Waals surface area contributed by atoms with Crippen LogP contribution in [0.2, 0.25) is 8.67 Å². The maximum atomic E-state index is 10.2. The molecule has 0 aliphatic rings. The van der Waals surface area contributed by atoms with Gasteiger partial charge in [-0.2, -0.15) is 5.10 Å². The van der Waals surface area contributed by atoms with E-state index in [4.69, 9.17) is 23.2 Å². The van der Waals surface area contributed by atoms with E-state index in [0.717, 1.165) is 5.82 Å². The molecule has 2 aromatic heterocycles. The largest absolute Gasteiger partial charge is 0.388 e. The molecule has 0 amide bonds. The van der Waals surface area contributed by atoms with Crippen molar-refractivity contribution >= 4 is 34.5 Å². The van der Waals surface area contributed by atoms with E-state index in [1.54, 1.807) is 10.7 Å². The quantitative estimate of drug-likeness (QED) is 0.940. The lowest BCUT2D eigenvalue weighted by atomic mass is 10.1. The molecular weight excluding hydrogens is 293 g/mol. The maximum Gasteiger partial charge on any atom is 0.138 e. The first-order valence-corrected chi connectivity index (χ1v) is 7.07. The summed E-state index contributed by atoms with van der Waals surface area (Å²) < 4.78 is 2.87. The van der Waals surface area contributed by atoms with Crippen molar-refractivity contribution < 1.29 is 5.11 Å². The predicted molar refractivity (Wildman–Crippen MR) is 73.4 cm³/mol. The smallest absolute Gasteiger partial charge is 0.138 e. The van der Waals surface area contributed by atoms with E-state index in [-0.39, 0.29) is 6.04 Å². The molecule has 18 heavy (non-hydrogen) atoms. The van der Waals surface area contributed by atoms with Gasteiger partial charge in [-0.3, -0.25) is 0 Å². The summed E-state index contributed by atoms with van der Waals surface area (Å²) >= 11 is 13.1. The van der Waals surface area contributed by atoms with Crippen molar-refractivity contribution in [3.8, 4) is 0 Å². The lowest BCUT2D eigenvalue weighted by Crippen LogP contribution is -2.12. The van der Waals surface area contributed by atoms with Crippen LogP contribution in [0.3, 0.4) is 0 Å². The Morgan fingerprint density at radius 2 is 2.17 bits per heavy atom. The van der Waals surface area contributed by atoms with Crippen LogP contribution in [-0.4, -0.2) is 19.9 Å². The average molecular weight is 306 g/mol. The van der Waals surface area contributed by atoms with Gasteiger partial charge >= 0.3 is 0 Å². The first-order valence-electron chi connectivity index (χ1n) is 5.50. The van der Waals surface area contributed by atoms with E-state index < -0.39 is 6.10 Å². The van der Waals surface area contributed by atoms with Gasteiger partial charge < -0.3 is 5.11 Å². The van der Waals surface area contributed by atoms with Gasteiger partial charge in [0.25, 0.3) is 0 Å². The molecule has 2 rings (SSSR count). The highest BCUT2D eigenvalue weighted by Gasteiger charge is 2.19. The van der Waals surface area contributed by atoms with Gasteiger partial charge in [-0.15, -0.1) is 11.3 Å². The number of aromatic nitrogens is 3. The summed E-state index contributed by atoms with van der Waals surface area (Å²) in [6, 6.07) is 1.89. The van der Waals surface area contributed by atoms with Crippen LogP contribution in [0.15, 0.2) is 12.4 Å². The molecular formula is C11H13Cl2N3OS. The van der Waals surface area contributed by atoms with Crippen LogP contribution in [0.25, 0.3) is 0 Å². The van der Waals surface area contributed by atoms with Crippen LogP contribution in [0, 0.1) is 0 Å². The van der Waals surface area contributed by atoms with Gasteiger partial charge in [0.05, 0.1) is 10.4 Å². The molecule has 0 aliphatic carbocycles. The van der Waals surface area contributed by atoms with E-state index in [2.05, 4.69) is 10.1 Å². The summed E-state index contributed by atoms with van der Waals surface area (Å²) in [5, 5.41) is 14.3. The predicted octanol–water partition coefficient (Wildman–Crippen LogP) is 3.50. The van der Waals surface area contributed by atoms with Crippen molar-refractivity contribution in [1.29, 1.82) is 0 Å². The molecule has 0 spiro atoms. The van der Waals surface area contributed by atoms with E-state index in [0.29, 0.717) is 20.7 Å². The van der Waals surface area contributed by atoms with E-state index in [9.17, 15) is 5.11 Å². The number of halogens is 2. The van der Waals surface area contributed by atoms with Crippen LogP contribution >= 0.6 is 34.5 Å². The third-order valence-corrected chi connectivity index (χ3v) is 4.07. The van der Waals surface area contributed by atoms with Crippen molar-refractivity contribution in [3.05, 3.63) is 32.5 Å². The second kappa shape index (κ2) is 5.57.